The monoisotopic (exact) mass is 244 g/mol. The van der Waals surface area contributed by atoms with Crippen LogP contribution in [-0.2, 0) is 0 Å². The molecule has 0 rings (SSSR count). The Morgan fingerprint density at radius 3 is 2.12 bits per heavy atom. The van der Waals surface area contributed by atoms with Crippen molar-refractivity contribution in [2.24, 2.45) is 0 Å². The van der Waals surface area contributed by atoms with Gasteiger partial charge < -0.3 is 10.2 Å². The summed E-state index contributed by atoms with van der Waals surface area (Å²) in [5.74, 6) is 0. The van der Waals surface area contributed by atoms with Crippen molar-refractivity contribution in [2.45, 2.75) is 3.42 Å². The molecular formula is C4H6Br2O2. The van der Waals surface area contributed by atoms with E-state index in [1.807, 2.05) is 0 Å². The van der Waals surface area contributed by atoms with Crippen LogP contribution in [0, 0.1) is 0 Å². The molecule has 0 aromatic rings. The van der Waals surface area contributed by atoms with E-state index in [0.29, 0.717) is 0 Å². The van der Waals surface area contributed by atoms with Gasteiger partial charge in [-0.2, -0.15) is 0 Å². The number of halogens is 2. The Bertz CT molecular complexity index is 84.5. The summed E-state index contributed by atoms with van der Waals surface area (Å²) in [4.78, 5) is 0. The molecule has 4 heteroatoms. The highest BCUT2D eigenvalue weighted by Crippen LogP contribution is 2.22. The van der Waals surface area contributed by atoms with E-state index >= 15 is 0 Å². The zero-order valence-corrected chi connectivity index (χ0v) is 7.18. The Morgan fingerprint density at radius 2 is 2.00 bits per heavy atom. The van der Waals surface area contributed by atoms with E-state index in [1.165, 1.54) is 12.2 Å². The first-order chi connectivity index (χ1) is 3.56. The number of rotatable bonds is 2. The van der Waals surface area contributed by atoms with Crippen molar-refractivity contribution in [3.8, 4) is 0 Å². The first-order valence-corrected chi connectivity index (χ1v) is 3.53. The molecule has 0 aliphatic heterocycles. The van der Waals surface area contributed by atoms with Gasteiger partial charge in [-0.05, 0) is 37.9 Å². The Labute approximate surface area is 64.5 Å². The van der Waals surface area contributed by atoms with Crippen LogP contribution < -0.4 is 0 Å². The van der Waals surface area contributed by atoms with Crippen LogP contribution in [-0.4, -0.2) is 20.2 Å². The van der Waals surface area contributed by atoms with Crippen LogP contribution in [0.15, 0.2) is 12.2 Å². The highest BCUT2D eigenvalue weighted by atomic mass is 79.9. The minimum absolute atomic E-state index is 0.0699. The third kappa shape index (κ3) is 6.62. The quantitative estimate of drug-likeness (QED) is 0.563. The zero-order chi connectivity index (χ0) is 6.62. The topological polar surface area (TPSA) is 40.5 Å². The summed E-state index contributed by atoms with van der Waals surface area (Å²) in [6.07, 6.45) is 2.80. The van der Waals surface area contributed by atoms with Crippen molar-refractivity contribution >= 4 is 31.9 Å². The van der Waals surface area contributed by atoms with Gasteiger partial charge in [0, 0.05) is 0 Å². The van der Waals surface area contributed by atoms with Gasteiger partial charge in [0.05, 0.1) is 6.61 Å². The van der Waals surface area contributed by atoms with Gasteiger partial charge in [0.25, 0.3) is 0 Å². The molecule has 0 saturated carbocycles. The molecule has 8 heavy (non-hydrogen) atoms. The lowest BCUT2D eigenvalue weighted by atomic mass is 10.5. The Balaban J connectivity index is 3.52. The highest BCUT2D eigenvalue weighted by molar-refractivity contribution is 9.25. The van der Waals surface area contributed by atoms with E-state index in [4.69, 9.17) is 10.2 Å². The molecule has 0 aliphatic carbocycles. The fraction of sp³-hybridized carbons (Fsp3) is 0.500. The maximum atomic E-state index is 8.78. The van der Waals surface area contributed by atoms with E-state index in [0.717, 1.165) is 0 Å². The van der Waals surface area contributed by atoms with Gasteiger partial charge in [-0.25, -0.2) is 0 Å². The number of hydrogen-bond acceptors (Lipinski definition) is 2. The van der Waals surface area contributed by atoms with Crippen LogP contribution in [0.5, 0.6) is 0 Å². The van der Waals surface area contributed by atoms with E-state index in [1.54, 1.807) is 0 Å². The molecule has 2 nitrogen and oxygen atoms in total. The maximum Gasteiger partial charge on any atom is 0.194 e. The van der Waals surface area contributed by atoms with Crippen molar-refractivity contribution in [3.63, 3.8) is 0 Å². The van der Waals surface area contributed by atoms with Crippen LogP contribution in [0.1, 0.15) is 0 Å². The zero-order valence-electron chi connectivity index (χ0n) is 4.01. The predicted octanol–water partition coefficient (Wildman–Crippen LogP) is 0.971. The number of alkyl halides is 2. The molecule has 0 saturated heterocycles. The summed E-state index contributed by atoms with van der Waals surface area (Å²) < 4.78 is -1.16. The molecule has 0 heterocycles. The summed E-state index contributed by atoms with van der Waals surface area (Å²) in [5.41, 5.74) is 0. The molecular weight excluding hydrogens is 240 g/mol. The minimum Gasteiger partial charge on any atom is -0.392 e. The molecule has 0 spiro atoms. The number of hydrogen-bond donors (Lipinski definition) is 2. The van der Waals surface area contributed by atoms with Crippen LogP contribution >= 0.6 is 31.9 Å². The molecule has 0 aliphatic rings. The fourth-order valence-electron chi connectivity index (χ4n) is 0.194. The van der Waals surface area contributed by atoms with E-state index in [-0.39, 0.29) is 6.61 Å². The van der Waals surface area contributed by atoms with Gasteiger partial charge in [0.15, 0.2) is 3.42 Å². The molecule has 2 N–H and O–H groups in total. The molecule has 0 fully saturated rings. The van der Waals surface area contributed by atoms with E-state index in [2.05, 4.69) is 31.9 Å². The molecule has 0 radical (unpaired) electrons. The largest absolute Gasteiger partial charge is 0.392 e. The summed E-state index contributed by atoms with van der Waals surface area (Å²) in [6, 6.07) is 0. The van der Waals surface area contributed by atoms with Crippen molar-refractivity contribution in [3.05, 3.63) is 12.2 Å². The van der Waals surface area contributed by atoms with E-state index in [9.17, 15) is 0 Å². The lowest BCUT2D eigenvalue weighted by molar-refractivity contribution is 0.288. The molecule has 0 unspecified atom stereocenters. The van der Waals surface area contributed by atoms with Gasteiger partial charge in [-0.3, -0.25) is 0 Å². The SMILES string of the molecule is OCC=CC(O)(Br)Br. The fourth-order valence-corrected chi connectivity index (χ4v) is 0.568. The van der Waals surface area contributed by atoms with Gasteiger partial charge in [0.1, 0.15) is 0 Å². The highest BCUT2D eigenvalue weighted by Gasteiger charge is 2.10. The molecule has 48 valence electrons. The third-order valence-corrected chi connectivity index (χ3v) is 0.952. The van der Waals surface area contributed by atoms with Gasteiger partial charge >= 0.3 is 0 Å². The normalized spacial score (nSPS) is 13.0. The van der Waals surface area contributed by atoms with Crippen molar-refractivity contribution in [1.82, 2.24) is 0 Å². The summed E-state index contributed by atoms with van der Waals surface area (Å²) in [6.45, 7) is -0.0699. The van der Waals surface area contributed by atoms with E-state index < -0.39 is 3.42 Å². The van der Waals surface area contributed by atoms with Crippen molar-refractivity contribution in [1.29, 1.82) is 0 Å². The lowest BCUT2D eigenvalue weighted by Crippen LogP contribution is -2.03. The standard InChI is InChI=1S/C4H6Br2O2/c5-4(6,8)2-1-3-7/h1-2,7-8H,3H2. The summed E-state index contributed by atoms with van der Waals surface area (Å²) >= 11 is 5.71. The molecule has 0 aromatic heterocycles. The third-order valence-electron chi connectivity index (χ3n) is 0.424. The summed E-state index contributed by atoms with van der Waals surface area (Å²) in [7, 11) is 0. The second-order valence-corrected chi connectivity index (χ2v) is 4.65. The lowest BCUT2D eigenvalue weighted by Gasteiger charge is -2.03. The average molecular weight is 246 g/mol. The maximum absolute atomic E-state index is 8.78. The van der Waals surface area contributed by atoms with Gasteiger partial charge in [-0.1, -0.05) is 6.08 Å². The van der Waals surface area contributed by atoms with Crippen molar-refractivity contribution in [2.75, 3.05) is 6.61 Å². The van der Waals surface area contributed by atoms with Gasteiger partial charge in [0.2, 0.25) is 0 Å². The predicted molar refractivity (Wildman–Crippen MR) is 39.0 cm³/mol. The van der Waals surface area contributed by atoms with Gasteiger partial charge in [-0.15, -0.1) is 0 Å². The second kappa shape index (κ2) is 3.61. The Kier molecular flexibility index (Phi) is 3.89. The van der Waals surface area contributed by atoms with Crippen LogP contribution in [0.2, 0.25) is 0 Å². The van der Waals surface area contributed by atoms with Crippen LogP contribution in [0.25, 0.3) is 0 Å². The molecule has 0 bridgehead atoms. The number of aliphatic hydroxyl groups is 2. The second-order valence-electron chi connectivity index (χ2n) is 1.17. The average Bonchev–Trinajstić information content (AvgIpc) is 1.59. The molecule has 0 atom stereocenters. The first-order valence-electron chi connectivity index (χ1n) is 1.95. The van der Waals surface area contributed by atoms with Crippen LogP contribution in [0.3, 0.4) is 0 Å². The Morgan fingerprint density at radius 1 is 1.50 bits per heavy atom. The van der Waals surface area contributed by atoms with Crippen molar-refractivity contribution < 1.29 is 10.2 Å². The summed E-state index contributed by atoms with van der Waals surface area (Å²) in [5, 5.41) is 17.0. The Hall–Kier alpha value is 0.620. The first kappa shape index (κ1) is 8.62. The molecule has 0 amide bonds. The smallest absolute Gasteiger partial charge is 0.194 e. The minimum atomic E-state index is -1.16. The van der Waals surface area contributed by atoms with Crippen LogP contribution in [0.4, 0.5) is 0 Å². The number of aliphatic hydroxyl groups excluding tert-OH is 1. The molecule has 0 aromatic carbocycles.